The van der Waals surface area contributed by atoms with Crippen LogP contribution in [0.5, 0.6) is 0 Å². The fourth-order valence-corrected chi connectivity index (χ4v) is 1.80. The van der Waals surface area contributed by atoms with Crippen LogP contribution in [0.15, 0.2) is 11.6 Å². The van der Waals surface area contributed by atoms with Crippen molar-refractivity contribution in [1.82, 2.24) is 0 Å². The standard InChI is InChI=1S/C11H22S/c1-5-7-8-11(6-2)9-12-10(3)4/h8,10H,5-7,9H2,1-4H3/b11-8-. The quantitative estimate of drug-likeness (QED) is 0.558. The van der Waals surface area contributed by atoms with Crippen LogP contribution in [0.1, 0.15) is 47.0 Å². The first-order valence-electron chi connectivity index (χ1n) is 5.00. The Morgan fingerprint density at radius 1 is 1.33 bits per heavy atom. The Bertz CT molecular complexity index is 125. The molecule has 0 bridgehead atoms. The van der Waals surface area contributed by atoms with Gasteiger partial charge in [-0.15, -0.1) is 0 Å². The maximum Gasteiger partial charge on any atom is 0.0145 e. The predicted octanol–water partition coefficient (Wildman–Crippen LogP) is 4.26. The SMILES string of the molecule is CCC/C=C(/CC)CSC(C)C. The molecule has 72 valence electrons. The minimum absolute atomic E-state index is 0.765. The third kappa shape index (κ3) is 6.78. The lowest BCUT2D eigenvalue weighted by molar-refractivity contribution is 0.934. The Labute approximate surface area is 81.8 Å². The summed E-state index contributed by atoms with van der Waals surface area (Å²) < 4.78 is 0. The van der Waals surface area contributed by atoms with Crippen LogP contribution in [-0.4, -0.2) is 11.0 Å². The summed E-state index contributed by atoms with van der Waals surface area (Å²) in [4.78, 5) is 0. The van der Waals surface area contributed by atoms with Gasteiger partial charge in [0.15, 0.2) is 0 Å². The van der Waals surface area contributed by atoms with Crippen molar-refractivity contribution in [3.8, 4) is 0 Å². The predicted molar refractivity (Wildman–Crippen MR) is 60.9 cm³/mol. The van der Waals surface area contributed by atoms with Crippen molar-refractivity contribution in [2.45, 2.75) is 52.2 Å². The van der Waals surface area contributed by atoms with E-state index in [1.54, 1.807) is 5.57 Å². The third-order valence-corrected chi connectivity index (χ3v) is 2.98. The molecule has 0 atom stereocenters. The Hall–Kier alpha value is 0.0900. The van der Waals surface area contributed by atoms with Crippen LogP contribution in [0.2, 0.25) is 0 Å². The van der Waals surface area contributed by atoms with E-state index in [1.165, 1.54) is 25.0 Å². The highest BCUT2D eigenvalue weighted by molar-refractivity contribution is 8.00. The largest absolute Gasteiger partial charge is 0.155 e. The Kier molecular flexibility index (Phi) is 7.78. The zero-order valence-electron chi connectivity index (χ0n) is 8.89. The number of rotatable bonds is 6. The summed E-state index contributed by atoms with van der Waals surface area (Å²) in [6.07, 6.45) is 6.16. The van der Waals surface area contributed by atoms with Crippen LogP contribution >= 0.6 is 11.8 Å². The molecule has 0 aliphatic rings. The average Bonchev–Trinajstić information content (AvgIpc) is 2.05. The van der Waals surface area contributed by atoms with Gasteiger partial charge in [-0.25, -0.2) is 0 Å². The normalized spacial score (nSPS) is 12.6. The van der Waals surface area contributed by atoms with Crippen LogP contribution in [0.4, 0.5) is 0 Å². The molecule has 0 aromatic rings. The van der Waals surface area contributed by atoms with Gasteiger partial charge in [-0.2, -0.15) is 11.8 Å². The van der Waals surface area contributed by atoms with Gasteiger partial charge in [0.25, 0.3) is 0 Å². The topological polar surface area (TPSA) is 0 Å². The molecule has 0 aliphatic heterocycles. The lowest BCUT2D eigenvalue weighted by Gasteiger charge is -2.06. The Balaban J connectivity index is 3.66. The van der Waals surface area contributed by atoms with E-state index in [9.17, 15) is 0 Å². The van der Waals surface area contributed by atoms with Crippen molar-refractivity contribution in [1.29, 1.82) is 0 Å². The van der Waals surface area contributed by atoms with Gasteiger partial charge in [0.1, 0.15) is 0 Å². The smallest absolute Gasteiger partial charge is 0.0145 e. The fourth-order valence-electron chi connectivity index (χ4n) is 0.927. The minimum atomic E-state index is 0.765. The van der Waals surface area contributed by atoms with Gasteiger partial charge in [0.05, 0.1) is 0 Å². The second kappa shape index (κ2) is 7.72. The average molecular weight is 186 g/mol. The van der Waals surface area contributed by atoms with Crippen LogP contribution in [-0.2, 0) is 0 Å². The molecule has 0 saturated carbocycles. The van der Waals surface area contributed by atoms with Gasteiger partial charge in [-0.3, -0.25) is 0 Å². The highest BCUT2D eigenvalue weighted by Crippen LogP contribution is 2.16. The van der Waals surface area contributed by atoms with Gasteiger partial charge < -0.3 is 0 Å². The van der Waals surface area contributed by atoms with Crippen molar-refractivity contribution in [3.05, 3.63) is 11.6 Å². The molecular formula is C11H22S. The molecule has 0 aliphatic carbocycles. The van der Waals surface area contributed by atoms with Gasteiger partial charge in [-0.05, 0) is 18.1 Å². The summed E-state index contributed by atoms with van der Waals surface area (Å²) in [5, 5.41) is 0.765. The van der Waals surface area contributed by atoms with Crippen LogP contribution in [0.25, 0.3) is 0 Å². The molecule has 0 spiro atoms. The lowest BCUT2D eigenvalue weighted by Crippen LogP contribution is -1.92. The molecule has 0 nitrogen and oxygen atoms in total. The van der Waals surface area contributed by atoms with Gasteiger partial charge in [-0.1, -0.05) is 45.8 Å². The molecule has 0 unspecified atom stereocenters. The monoisotopic (exact) mass is 186 g/mol. The zero-order valence-corrected chi connectivity index (χ0v) is 9.71. The van der Waals surface area contributed by atoms with E-state index in [1.807, 2.05) is 11.8 Å². The van der Waals surface area contributed by atoms with Crippen LogP contribution in [0.3, 0.4) is 0 Å². The van der Waals surface area contributed by atoms with Crippen molar-refractivity contribution >= 4 is 11.8 Å². The van der Waals surface area contributed by atoms with Crippen LogP contribution in [0, 0.1) is 0 Å². The minimum Gasteiger partial charge on any atom is -0.155 e. The van der Waals surface area contributed by atoms with Gasteiger partial charge in [0.2, 0.25) is 0 Å². The third-order valence-electron chi connectivity index (χ3n) is 1.78. The van der Waals surface area contributed by atoms with Crippen molar-refractivity contribution in [2.75, 3.05) is 5.75 Å². The highest BCUT2D eigenvalue weighted by Gasteiger charge is 1.97. The Morgan fingerprint density at radius 3 is 2.42 bits per heavy atom. The molecule has 12 heavy (non-hydrogen) atoms. The van der Waals surface area contributed by atoms with E-state index in [-0.39, 0.29) is 0 Å². The van der Waals surface area contributed by atoms with E-state index in [0.717, 1.165) is 5.25 Å². The highest BCUT2D eigenvalue weighted by atomic mass is 32.2. The van der Waals surface area contributed by atoms with E-state index < -0.39 is 0 Å². The summed E-state index contributed by atoms with van der Waals surface area (Å²) in [5.74, 6) is 1.23. The second-order valence-electron chi connectivity index (χ2n) is 3.36. The molecule has 0 fully saturated rings. The first-order valence-corrected chi connectivity index (χ1v) is 6.05. The van der Waals surface area contributed by atoms with E-state index in [2.05, 4.69) is 33.8 Å². The maximum atomic E-state index is 2.41. The van der Waals surface area contributed by atoms with Gasteiger partial charge >= 0.3 is 0 Å². The molecule has 1 heteroatoms. The molecule has 0 heterocycles. The van der Waals surface area contributed by atoms with E-state index in [0.29, 0.717) is 0 Å². The zero-order chi connectivity index (χ0) is 9.40. The van der Waals surface area contributed by atoms with Crippen molar-refractivity contribution in [3.63, 3.8) is 0 Å². The van der Waals surface area contributed by atoms with Gasteiger partial charge in [0, 0.05) is 5.75 Å². The number of hydrogen-bond donors (Lipinski definition) is 0. The lowest BCUT2D eigenvalue weighted by atomic mass is 10.2. The van der Waals surface area contributed by atoms with Crippen molar-refractivity contribution in [2.24, 2.45) is 0 Å². The summed E-state index contributed by atoms with van der Waals surface area (Å²) >= 11 is 2.05. The first-order chi connectivity index (χ1) is 5.70. The summed E-state index contributed by atoms with van der Waals surface area (Å²) in [7, 11) is 0. The first kappa shape index (κ1) is 12.1. The molecule has 0 saturated heterocycles. The molecule has 0 aromatic carbocycles. The molecule has 0 amide bonds. The maximum absolute atomic E-state index is 2.41. The Morgan fingerprint density at radius 2 is 2.00 bits per heavy atom. The van der Waals surface area contributed by atoms with Crippen molar-refractivity contribution < 1.29 is 0 Å². The second-order valence-corrected chi connectivity index (χ2v) is 4.93. The summed E-state index contributed by atoms with van der Waals surface area (Å²) in [6, 6.07) is 0. The number of allylic oxidation sites excluding steroid dienone is 1. The summed E-state index contributed by atoms with van der Waals surface area (Å²) in [5.41, 5.74) is 1.62. The van der Waals surface area contributed by atoms with Crippen LogP contribution < -0.4 is 0 Å². The molecule has 0 rings (SSSR count). The number of unbranched alkanes of at least 4 members (excludes halogenated alkanes) is 1. The number of hydrogen-bond acceptors (Lipinski definition) is 1. The molecular weight excluding hydrogens is 164 g/mol. The summed E-state index contributed by atoms with van der Waals surface area (Å²) in [6.45, 7) is 9.01. The molecule has 0 aromatic heterocycles. The molecule has 0 radical (unpaired) electrons. The van der Waals surface area contributed by atoms with E-state index >= 15 is 0 Å². The fraction of sp³-hybridized carbons (Fsp3) is 0.818. The number of thioether (sulfide) groups is 1. The van der Waals surface area contributed by atoms with E-state index in [4.69, 9.17) is 0 Å². The molecule has 0 N–H and O–H groups in total.